The van der Waals surface area contributed by atoms with Gasteiger partial charge in [0.05, 0.1) is 5.75 Å². The van der Waals surface area contributed by atoms with Crippen LogP contribution < -0.4 is 5.32 Å². The number of nitrogens with one attached hydrogen (secondary N) is 1. The van der Waals surface area contributed by atoms with Gasteiger partial charge in [0.1, 0.15) is 16.2 Å². The molecule has 1 N–H and O–H groups in total. The van der Waals surface area contributed by atoms with Crippen LogP contribution in [-0.4, -0.2) is 21.6 Å². The summed E-state index contributed by atoms with van der Waals surface area (Å²) in [6.45, 7) is 6.06. The van der Waals surface area contributed by atoms with Gasteiger partial charge in [-0.15, -0.1) is 11.3 Å². The predicted octanol–water partition coefficient (Wildman–Crippen LogP) is 5.00. The van der Waals surface area contributed by atoms with Crippen molar-refractivity contribution in [3.63, 3.8) is 0 Å². The van der Waals surface area contributed by atoms with E-state index in [4.69, 9.17) is 11.6 Å². The van der Waals surface area contributed by atoms with Crippen LogP contribution in [0, 0.1) is 20.8 Å². The molecule has 1 amide bonds. The number of benzene rings is 1. The molecule has 0 saturated carbocycles. The molecule has 2 heterocycles. The number of thiophene rings is 1. The van der Waals surface area contributed by atoms with Gasteiger partial charge in [-0.3, -0.25) is 4.79 Å². The summed E-state index contributed by atoms with van der Waals surface area (Å²) in [5.74, 6) is 0.197. The second-order valence-electron chi connectivity index (χ2n) is 5.44. The lowest BCUT2D eigenvalue weighted by Gasteiger charge is -2.07. The summed E-state index contributed by atoms with van der Waals surface area (Å²) in [7, 11) is 0. The predicted molar refractivity (Wildman–Crippen MR) is 102 cm³/mol. The molecular weight excluding hydrogens is 362 g/mol. The molecule has 24 heavy (non-hydrogen) atoms. The number of carbonyl (C=O) groups is 1. The zero-order valence-electron chi connectivity index (χ0n) is 13.5. The normalized spacial score (nSPS) is 11.0. The first-order valence-corrected chi connectivity index (χ1v) is 9.53. The number of rotatable bonds is 4. The average molecular weight is 378 g/mol. The van der Waals surface area contributed by atoms with Crippen molar-refractivity contribution in [1.29, 1.82) is 0 Å². The van der Waals surface area contributed by atoms with Gasteiger partial charge in [0.25, 0.3) is 0 Å². The Morgan fingerprint density at radius 3 is 2.83 bits per heavy atom. The Hall–Kier alpha value is -1.63. The van der Waals surface area contributed by atoms with Crippen molar-refractivity contribution in [2.45, 2.75) is 25.8 Å². The second kappa shape index (κ2) is 7.09. The number of hydrogen-bond acceptors (Lipinski definition) is 5. The Morgan fingerprint density at radius 2 is 2.08 bits per heavy atom. The average Bonchev–Trinajstić information content (AvgIpc) is 2.84. The highest BCUT2D eigenvalue weighted by molar-refractivity contribution is 8.00. The Labute approximate surface area is 153 Å². The highest BCUT2D eigenvalue weighted by atomic mass is 35.5. The summed E-state index contributed by atoms with van der Waals surface area (Å²) >= 11 is 9.16. The molecule has 1 aromatic carbocycles. The van der Waals surface area contributed by atoms with Crippen molar-refractivity contribution < 1.29 is 4.79 Å². The molecule has 0 fully saturated rings. The molecule has 0 saturated heterocycles. The van der Waals surface area contributed by atoms with E-state index in [1.807, 2.05) is 19.1 Å². The fraction of sp³-hybridized carbons (Fsp3) is 0.235. The third-order valence-corrected chi connectivity index (χ3v) is 6.24. The van der Waals surface area contributed by atoms with E-state index in [9.17, 15) is 4.79 Å². The first-order valence-electron chi connectivity index (χ1n) is 7.35. The Bertz CT molecular complexity index is 924. The Kier molecular flexibility index (Phi) is 5.08. The largest absolute Gasteiger partial charge is 0.325 e. The van der Waals surface area contributed by atoms with Crippen molar-refractivity contribution in [3.05, 3.63) is 45.6 Å². The number of aryl methyl sites for hydroxylation is 3. The highest BCUT2D eigenvalue weighted by Crippen LogP contribution is 2.34. The van der Waals surface area contributed by atoms with Gasteiger partial charge < -0.3 is 5.32 Å². The summed E-state index contributed by atoms with van der Waals surface area (Å²) in [6.07, 6.45) is 1.55. The molecule has 0 aliphatic rings. The monoisotopic (exact) mass is 377 g/mol. The lowest BCUT2D eigenvalue weighted by Crippen LogP contribution is -2.14. The lowest BCUT2D eigenvalue weighted by atomic mass is 10.2. The molecular formula is C17H16ClN3OS2. The van der Waals surface area contributed by atoms with Crippen molar-refractivity contribution in [2.24, 2.45) is 0 Å². The van der Waals surface area contributed by atoms with Crippen LogP contribution in [0.2, 0.25) is 5.02 Å². The third kappa shape index (κ3) is 3.55. The van der Waals surface area contributed by atoms with Crippen LogP contribution in [-0.2, 0) is 4.79 Å². The molecule has 124 valence electrons. The van der Waals surface area contributed by atoms with Crippen molar-refractivity contribution in [2.75, 3.05) is 11.1 Å². The van der Waals surface area contributed by atoms with E-state index < -0.39 is 0 Å². The van der Waals surface area contributed by atoms with Crippen molar-refractivity contribution in [1.82, 2.24) is 9.97 Å². The van der Waals surface area contributed by atoms with Gasteiger partial charge in [0, 0.05) is 21.0 Å². The van der Waals surface area contributed by atoms with Crippen LogP contribution in [0.1, 0.15) is 16.0 Å². The van der Waals surface area contributed by atoms with Gasteiger partial charge in [-0.1, -0.05) is 29.4 Å². The quantitative estimate of drug-likeness (QED) is 0.513. The van der Waals surface area contributed by atoms with Crippen molar-refractivity contribution >= 4 is 56.5 Å². The number of thioether (sulfide) groups is 1. The van der Waals surface area contributed by atoms with E-state index in [1.54, 1.807) is 23.7 Å². The first-order chi connectivity index (χ1) is 11.5. The molecule has 0 bridgehead atoms. The number of nitrogens with zero attached hydrogens (tertiary/aromatic N) is 2. The zero-order chi connectivity index (χ0) is 17.3. The van der Waals surface area contributed by atoms with Gasteiger partial charge in [-0.05, 0) is 44.0 Å². The number of halogens is 1. The number of carbonyl (C=O) groups excluding carboxylic acids is 1. The van der Waals surface area contributed by atoms with Crippen LogP contribution in [0.25, 0.3) is 10.2 Å². The summed E-state index contributed by atoms with van der Waals surface area (Å²) in [4.78, 5) is 23.0. The minimum atomic E-state index is -0.0868. The van der Waals surface area contributed by atoms with E-state index in [0.717, 1.165) is 20.8 Å². The lowest BCUT2D eigenvalue weighted by molar-refractivity contribution is -0.113. The van der Waals surface area contributed by atoms with Gasteiger partial charge >= 0.3 is 0 Å². The maximum atomic E-state index is 12.2. The summed E-state index contributed by atoms with van der Waals surface area (Å²) in [5, 5.41) is 5.40. The van der Waals surface area contributed by atoms with Gasteiger partial charge in [0.15, 0.2) is 0 Å². The topological polar surface area (TPSA) is 54.9 Å². The molecule has 3 rings (SSSR count). The SMILES string of the molecule is Cc1ccc(NC(=O)CSc2ncnc3sc(C)c(C)c23)cc1Cl. The molecule has 0 spiro atoms. The third-order valence-electron chi connectivity index (χ3n) is 3.73. The van der Waals surface area contributed by atoms with Crippen LogP contribution in [0.4, 0.5) is 5.69 Å². The van der Waals surface area contributed by atoms with E-state index in [1.165, 1.54) is 22.2 Å². The van der Waals surface area contributed by atoms with Crippen LogP contribution in [0.3, 0.4) is 0 Å². The highest BCUT2D eigenvalue weighted by Gasteiger charge is 2.14. The molecule has 0 radical (unpaired) electrons. The molecule has 0 atom stereocenters. The van der Waals surface area contributed by atoms with Crippen molar-refractivity contribution in [3.8, 4) is 0 Å². The van der Waals surface area contributed by atoms with E-state index in [-0.39, 0.29) is 11.7 Å². The van der Waals surface area contributed by atoms with Gasteiger partial charge in [-0.25, -0.2) is 9.97 Å². The molecule has 0 aliphatic heterocycles. The van der Waals surface area contributed by atoms with Gasteiger partial charge in [0.2, 0.25) is 5.91 Å². The summed E-state index contributed by atoms with van der Waals surface area (Å²) in [5.41, 5.74) is 2.87. The molecule has 0 aliphatic carbocycles. The van der Waals surface area contributed by atoms with E-state index in [2.05, 4.69) is 29.1 Å². The maximum Gasteiger partial charge on any atom is 0.234 e. The van der Waals surface area contributed by atoms with E-state index in [0.29, 0.717) is 10.7 Å². The second-order valence-corrected chi connectivity index (χ2v) is 8.02. The molecule has 0 unspecified atom stereocenters. The van der Waals surface area contributed by atoms with Crippen LogP contribution >= 0.6 is 34.7 Å². The first kappa shape index (κ1) is 17.2. The fourth-order valence-electron chi connectivity index (χ4n) is 2.26. The van der Waals surface area contributed by atoms with Gasteiger partial charge in [-0.2, -0.15) is 0 Å². The minimum absolute atomic E-state index is 0.0868. The zero-order valence-corrected chi connectivity index (χ0v) is 15.9. The molecule has 4 nitrogen and oxygen atoms in total. The van der Waals surface area contributed by atoms with Crippen LogP contribution in [0.5, 0.6) is 0 Å². The smallest absolute Gasteiger partial charge is 0.234 e. The number of amides is 1. The standard InChI is InChI=1S/C17H16ClN3OS2/c1-9-4-5-12(6-13(9)18)21-14(22)7-23-16-15-10(2)11(3)24-17(15)20-8-19-16/h4-6,8H,7H2,1-3H3,(H,21,22). The molecule has 2 aromatic heterocycles. The number of fused-ring (bicyclic) bond motifs is 1. The number of anilines is 1. The number of aromatic nitrogens is 2. The molecule has 3 aromatic rings. The number of hydrogen-bond donors (Lipinski definition) is 1. The summed E-state index contributed by atoms with van der Waals surface area (Å²) < 4.78 is 0. The Morgan fingerprint density at radius 1 is 1.29 bits per heavy atom. The van der Waals surface area contributed by atoms with E-state index >= 15 is 0 Å². The summed E-state index contributed by atoms with van der Waals surface area (Å²) in [6, 6.07) is 5.49. The molecule has 7 heteroatoms. The van der Waals surface area contributed by atoms with Crippen LogP contribution in [0.15, 0.2) is 29.6 Å². The Balaban J connectivity index is 1.71. The maximum absolute atomic E-state index is 12.2. The fourth-order valence-corrected chi connectivity index (χ4v) is 4.36. The minimum Gasteiger partial charge on any atom is -0.325 e.